The molecule has 0 atom stereocenters. The third kappa shape index (κ3) is 4.69. The number of rotatable bonds is 5. The van der Waals surface area contributed by atoms with Crippen molar-refractivity contribution in [1.82, 2.24) is 14.5 Å². The summed E-state index contributed by atoms with van der Waals surface area (Å²) in [6.07, 6.45) is 0.549. The van der Waals surface area contributed by atoms with Crippen LogP contribution in [0, 0.1) is 6.92 Å². The molecule has 0 radical (unpaired) electrons. The van der Waals surface area contributed by atoms with E-state index in [0.717, 1.165) is 11.1 Å². The summed E-state index contributed by atoms with van der Waals surface area (Å²) < 4.78 is 1.78. The molecule has 0 aliphatic carbocycles. The fourth-order valence-electron chi connectivity index (χ4n) is 4.86. The Bertz CT molecular complexity index is 1410. The predicted octanol–water partition coefficient (Wildman–Crippen LogP) is 5.62. The zero-order valence-electron chi connectivity index (χ0n) is 19.8. The van der Waals surface area contributed by atoms with Crippen molar-refractivity contribution in [3.8, 4) is 0 Å². The van der Waals surface area contributed by atoms with E-state index in [1.807, 2.05) is 67.6 Å². The standard InChI is InChI=1S/C29H25Cl2N3O2/c1-19-32-26-18-33(27(35)17-23-24(30)13-8-14-25(23)31)16-15-22(26)29(36)34(19)28(20-9-4-2-5-10-20)21-11-6-3-7-12-21/h2-14,28H,15-18H2,1H3. The highest BCUT2D eigenvalue weighted by Crippen LogP contribution is 2.28. The van der Waals surface area contributed by atoms with Crippen LogP contribution in [0.25, 0.3) is 0 Å². The molecule has 1 aliphatic rings. The van der Waals surface area contributed by atoms with E-state index in [0.29, 0.717) is 45.7 Å². The van der Waals surface area contributed by atoms with E-state index in [2.05, 4.69) is 0 Å². The normalized spacial score (nSPS) is 13.1. The smallest absolute Gasteiger partial charge is 0.257 e. The van der Waals surface area contributed by atoms with Crippen LogP contribution >= 0.6 is 23.2 Å². The molecule has 1 aliphatic heterocycles. The van der Waals surface area contributed by atoms with Crippen molar-refractivity contribution in [1.29, 1.82) is 0 Å². The Morgan fingerprint density at radius 1 is 0.917 bits per heavy atom. The molecule has 0 spiro atoms. The third-order valence-electron chi connectivity index (χ3n) is 6.67. The van der Waals surface area contributed by atoms with E-state index >= 15 is 0 Å². The summed E-state index contributed by atoms with van der Waals surface area (Å²) >= 11 is 12.5. The molecule has 0 N–H and O–H groups in total. The van der Waals surface area contributed by atoms with Crippen molar-refractivity contribution in [3.63, 3.8) is 0 Å². The topological polar surface area (TPSA) is 55.2 Å². The Balaban J connectivity index is 1.49. The minimum atomic E-state index is -0.292. The van der Waals surface area contributed by atoms with E-state index in [-0.39, 0.29) is 30.5 Å². The van der Waals surface area contributed by atoms with Gasteiger partial charge in [0, 0.05) is 22.2 Å². The van der Waals surface area contributed by atoms with Crippen molar-refractivity contribution in [2.24, 2.45) is 0 Å². The van der Waals surface area contributed by atoms with Gasteiger partial charge in [0.05, 0.1) is 24.7 Å². The van der Waals surface area contributed by atoms with Crippen LogP contribution in [-0.4, -0.2) is 26.9 Å². The largest absolute Gasteiger partial charge is 0.336 e. The first-order valence-electron chi connectivity index (χ1n) is 11.9. The van der Waals surface area contributed by atoms with Gasteiger partial charge in [0.15, 0.2) is 0 Å². The van der Waals surface area contributed by atoms with Crippen LogP contribution < -0.4 is 5.56 Å². The van der Waals surface area contributed by atoms with E-state index in [9.17, 15) is 9.59 Å². The minimum Gasteiger partial charge on any atom is -0.336 e. The highest BCUT2D eigenvalue weighted by molar-refractivity contribution is 6.36. The number of fused-ring (bicyclic) bond motifs is 1. The first kappa shape index (κ1) is 24.3. The molecule has 0 saturated carbocycles. The first-order chi connectivity index (χ1) is 17.4. The van der Waals surface area contributed by atoms with Gasteiger partial charge in [0.25, 0.3) is 5.56 Å². The third-order valence-corrected chi connectivity index (χ3v) is 7.38. The molecular formula is C29H25Cl2N3O2. The number of hydrogen-bond acceptors (Lipinski definition) is 3. The molecule has 4 aromatic rings. The number of carbonyl (C=O) groups excluding carboxylic acids is 1. The summed E-state index contributed by atoms with van der Waals surface area (Å²) in [7, 11) is 0. The Morgan fingerprint density at radius 3 is 2.08 bits per heavy atom. The number of nitrogens with zero attached hydrogens (tertiary/aromatic N) is 3. The van der Waals surface area contributed by atoms with Crippen LogP contribution in [0.4, 0.5) is 0 Å². The van der Waals surface area contributed by atoms with Gasteiger partial charge >= 0.3 is 0 Å². The summed E-state index contributed by atoms with van der Waals surface area (Å²) in [4.78, 5) is 33.5. The maximum absolute atomic E-state index is 13.9. The molecule has 0 bridgehead atoms. The van der Waals surface area contributed by atoms with Crippen LogP contribution in [0.3, 0.4) is 0 Å². The quantitative estimate of drug-likeness (QED) is 0.345. The van der Waals surface area contributed by atoms with E-state index < -0.39 is 0 Å². The van der Waals surface area contributed by atoms with Gasteiger partial charge in [-0.2, -0.15) is 0 Å². The van der Waals surface area contributed by atoms with Gasteiger partial charge in [-0.15, -0.1) is 0 Å². The Labute approximate surface area is 219 Å². The zero-order valence-corrected chi connectivity index (χ0v) is 21.3. The summed E-state index contributed by atoms with van der Waals surface area (Å²) in [5.74, 6) is 0.519. The van der Waals surface area contributed by atoms with Crippen LogP contribution in [0.15, 0.2) is 83.7 Å². The van der Waals surface area contributed by atoms with Crippen LogP contribution in [0.5, 0.6) is 0 Å². The molecule has 5 nitrogen and oxygen atoms in total. The minimum absolute atomic E-state index is 0.0588. The second-order valence-corrected chi connectivity index (χ2v) is 9.74. The van der Waals surface area contributed by atoms with Crippen molar-refractivity contribution >= 4 is 29.1 Å². The van der Waals surface area contributed by atoms with E-state index in [4.69, 9.17) is 28.2 Å². The second-order valence-electron chi connectivity index (χ2n) is 8.93. The van der Waals surface area contributed by atoms with Gasteiger partial charge in [-0.1, -0.05) is 89.9 Å². The van der Waals surface area contributed by atoms with Crippen molar-refractivity contribution in [2.75, 3.05) is 6.54 Å². The van der Waals surface area contributed by atoms with Gasteiger partial charge in [-0.3, -0.25) is 14.2 Å². The van der Waals surface area contributed by atoms with Gasteiger partial charge < -0.3 is 4.90 Å². The molecule has 182 valence electrons. The van der Waals surface area contributed by atoms with Gasteiger partial charge in [0.1, 0.15) is 5.82 Å². The number of amides is 1. The number of benzene rings is 3. The number of hydrogen-bond donors (Lipinski definition) is 0. The van der Waals surface area contributed by atoms with Crippen molar-refractivity contribution < 1.29 is 4.79 Å². The predicted molar refractivity (Wildman–Crippen MR) is 143 cm³/mol. The van der Waals surface area contributed by atoms with Gasteiger partial charge in [-0.25, -0.2) is 4.98 Å². The second kappa shape index (κ2) is 10.3. The molecule has 1 aromatic heterocycles. The van der Waals surface area contributed by atoms with Crippen LogP contribution in [0.2, 0.25) is 10.0 Å². The lowest BCUT2D eigenvalue weighted by atomic mass is 9.97. The number of halogens is 2. The lowest BCUT2D eigenvalue weighted by Crippen LogP contribution is -2.42. The van der Waals surface area contributed by atoms with Gasteiger partial charge in [-0.05, 0) is 42.2 Å². The number of aryl methyl sites for hydroxylation is 1. The fourth-order valence-corrected chi connectivity index (χ4v) is 5.39. The monoisotopic (exact) mass is 517 g/mol. The molecule has 3 aromatic carbocycles. The number of aromatic nitrogens is 2. The molecule has 7 heteroatoms. The van der Waals surface area contributed by atoms with E-state index in [1.54, 1.807) is 27.7 Å². The van der Waals surface area contributed by atoms with E-state index in [1.165, 1.54) is 0 Å². The first-order valence-corrected chi connectivity index (χ1v) is 12.6. The molecule has 2 heterocycles. The summed E-state index contributed by atoms with van der Waals surface area (Å²) in [5, 5.41) is 0.941. The van der Waals surface area contributed by atoms with Crippen molar-refractivity contribution in [2.45, 2.75) is 32.4 Å². The molecule has 0 unspecified atom stereocenters. The van der Waals surface area contributed by atoms with Crippen molar-refractivity contribution in [3.05, 3.63) is 133 Å². The van der Waals surface area contributed by atoms with Crippen LogP contribution in [0.1, 0.15) is 39.8 Å². The Kier molecular flexibility index (Phi) is 6.95. The Hall–Kier alpha value is -3.41. The summed E-state index contributed by atoms with van der Waals surface area (Å²) in [6.45, 7) is 2.58. The average Bonchev–Trinajstić information content (AvgIpc) is 2.89. The summed E-state index contributed by atoms with van der Waals surface area (Å²) in [6, 6.07) is 24.9. The van der Waals surface area contributed by atoms with Gasteiger partial charge in [0.2, 0.25) is 5.91 Å². The maximum atomic E-state index is 13.9. The highest BCUT2D eigenvalue weighted by atomic mass is 35.5. The molecule has 0 saturated heterocycles. The summed E-state index contributed by atoms with van der Waals surface area (Å²) in [5.41, 5.74) is 3.90. The molecular weight excluding hydrogens is 493 g/mol. The highest BCUT2D eigenvalue weighted by Gasteiger charge is 2.29. The van der Waals surface area contributed by atoms with Crippen LogP contribution in [-0.2, 0) is 24.2 Å². The average molecular weight is 518 g/mol. The maximum Gasteiger partial charge on any atom is 0.257 e. The number of carbonyl (C=O) groups is 1. The zero-order chi connectivity index (χ0) is 25.2. The molecule has 1 amide bonds. The molecule has 36 heavy (non-hydrogen) atoms. The SMILES string of the molecule is Cc1nc2c(c(=O)n1C(c1ccccc1)c1ccccc1)CCN(C(=O)Cc1c(Cl)cccc1Cl)C2. The lowest BCUT2D eigenvalue weighted by Gasteiger charge is -2.30. The Morgan fingerprint density at radius 2 is 1.50 bits per heavy atom. The lowest BCUT2D eigenvalue weighted by molar-refractivity contribution is -0.131. The molecule has 5 rings (SSSR count). The fraction of sp³-hybridized carbons (Fsp3) is 0.207. The molecule has 0 fully saturated rings.